The first-order valence-electron chi connectivity index (χ1n) is 9.81. The van der Waals surface area contributed by atoms with Crippen LogP contribution in [0.1, 0.15) is 53.4 Å². The fraction of sp³-hybridized carbons (Fsp3) is 0.455. The molecule has 1 aliphatic heterocycles. The minimum absolute atomic E-state index is 0.0986. The molecule has 0 radical (unpaired) electrons. The molecule has 1 aliphatic rings. The van der Waals surface area contributed by atoms with Crippen molar-refractivity contribution in [2.24, 2.45) is 7.05 Å². The molecule has 27 heavy (non-hydrogen) atoms. The van der Waals surface area contributed by atoms with E-state index < -0.39 is 0 Å². The molecule has 1 fully saturated rings. The van der Waals surface area contributed by atoms with Gasteiger partial charge in [0.2, 0.25) is 5.91 Å². The van der Waals surface area contributed by atoms with Crippen LogP contribution < -0.4 is 0 Å². The van der Waals surface area contributed by atoms with E-state index in [2.05, 4.69) is 43.0 Å². The van der Waals surface area contributed by atoms with Gasteiger partial charge in [-0.25, -0.2) is 0 Å². The van der Waals surface area contributed by atoms with Crippen molar-refractivity contribution in [3.05, 3.63) is 52.5 Å². The number of aromatic amines is 1. The summed E-state index contributed by atoms with van der Waals surface area (Å²) in [6.07, 6.45) is 5.61. The molecule has 5 nitrogen and oxygen atoms in total. The van der Waals surface area contributed by atoms with Crippen LogP contribution in [0.3, 0.4) is 0 Å². The number of carbonyl (C=O) groups excluding carboxylic acids is 1. The minimum Gasteiger partial charge on any atom is -0.358 e. The zero-order valence-corrected chi connectivity index (χ0v) is 16.7. The van der Waals surface area contributed by atoms with E-state index in [4.69, 9.17) is 0 Å². The summed E-state index contributed by atoms with van der Waals surface area (Å²) in [4.78, 5) is 18.8. The molecule has 0 spiro atoms. The highest BCUT2D eigenvalue weighted by Gasteiger charge is 2.30. The Labute approximate surface area is 160 Å². The second-order valence-corrected chi connectivity index (χ2v) is 7.92. The van der Waals surface area contributed by atoms with Crippen LogP contribution in [0.5, 0.6) is 0 Å². The van der Waals surface area contributed by atoms with Gasteiger partial charge in [-0.15, -0.1) is 0 Å². The molecule has 1 N–H and O–H groups in total. The topological polar surface area (TPSA) is 53.9 Å². The van der Waals surface area contributed by atoms with E-state index in [1.807, 2.05) is 28.9 Å². The second-order valence-electron chi connectivity index (χ2n) is 7.92. The molecule has 0 aliphatic carbocycles. The molecule has 142 valence electrons. The van der Waals surface area contributed by atoms with Gasteiger partial charge in [-0.2, -0.15) is 5.10 Å². The van der Waals surface area contributed by atoms with Gasteiger partial charge < -0.3 is 9.88 Å². The number of H-pyrrole nitrogens is 1. The SMILES string of the molecule is Cc1cc(C)c2[nH]c(C)c(CC(=O)N3CCCC[C@H]3c3ccn(C)n3)c2c1. The molecular formula is C22H28N4O. The van der Waals surface area contributed by atoms with Crippen LogP contribution in [0.25, 0.3) is 10.9 Å². The molecule has 1 aromatic carbocycles. The lowest BCUT2D eigenvalue weighted by Gasteiger charge is -2.35. The first-order chi connectivity index (χ1) is 12.9. The molecule has 5 heteroatoms. The number of nitrogens with zero attached hydrogens (tertiary/aromatic N) is 3. The number of hydrogen-bond acceptors (Lipinski definition) is 2. The molecular weight excluding hydrogens is 336 g/mol. The van der Waals surface area contributed by atoms with Crippen LogP contribution in [0.15, 0.2) is 24.4 Å². The van der Waals surface area contributed by atoms with Crippen molar-refractivity contribution >= 4 is 16.8 Å². The predicted molar refractivity (Wildman–Crippen MR) is 108 cm³/mol. The van der Waals surface area contributed by atoms with E-state index in [1.54, 1.807) is 0 Å². The summed E-state index contributed by atoms with van der Waals surface area (Å²) in [5.41, 5.74) is 6.85. The van der Waals surface area contributed by atoms with E-state index in [0.717, 1.165) is 48.3 Å². The summed E-state index contributed by atoms with van der Waals surface area (Å²) >= 11 is 0. The van der Waals surface area contributed by atoms with Gasteiger partial charge in [0.25, 0.3) is 0 Å². The van der Waals surface area contributed by atoms with Crippen molar-refractivity contribution in [2.45, 2.75) is 52.5 Å². The zero-order valence-electron chi connectivity index (χ0n) is 16.7. The maximum absolute atomic E-state index is 13.3. The van der Waals surface area contributed by atoms with E-state index in [-0.39, 0.29) is 11.9 Å². The van der Waals surface area contributed by atoms with E-state index in [9.17, 15) is 4.79 Å². The van der Waals surface area contributed by atoms with Crippen LogP contribution in [-0.2, 0) is 18.3 Å². The quantitative estimate of drug-likeness (QED) is 0.760. The van der Waals surface area contributed by atoms with Crippen LogP contribution in [0.2, 0.25) is 0 Å². The minimum atomic E-state index is 0.0986. The summed E-state index contributed by atoms with van der Waals surface area (Å²) < 4.78 is 1.82. The van der Waals surface area contributed by atoms with Gasteiger partial charge in [-0.3, -0.25) is 9.48 Å². The summed E-state index contributed by atoms with van der Waals surface area (Å²) in [5, 5.41) is 5.76. The Morgan fingerprint density at radius 1 is 1.26 bits per heavy atom. The lowest BCUT2D eigenvalue weighted by atomic mass is 9.97. The number of benzene rings is 1. The molecule has 0 bridgehead atoms. The summed E-state index contributed by atoms with van der Waals surface area (Å²) in [5.74, 6) is 0.202. The highest BCUT2D eigenvalue weighted by Crippen LogP contribution is 2.32. The largest absolute Gasteiger partial charge is 0.358 e. The molecule has 0 saturated carbocycles. The van der Waals surface area contributed by atoms with Gasteiger partial charge in [0, 0.05) is 36.4 Å². The Bertz CT molecular complexity index is 997. The third-order valence-corrected chi connectivity index (χ3v) is 5.80. The fourth-order valence-corrected chi connectivity index (χ4v) is 4.47. The monoisotopic (exact) mass is 364 g/mol. The summed E-state index contributed by atoms with van der Waals surface area (Å²) in [7, 11) is 1.93. The van der Waals surface area contributed by atoms with Gasteiger partial charge in [0.05, 0.1) is 18.2 Å². The fourth-order valence-electron chi connectivity index (χ4n) is 4.47. The summed E-state index contributed by atoms with van der Waals surface area (Å²) in [6, 6.07) is 6.52. The number of nitrogens with one attached hydrogen (secondary N) is 1. The number of aryl methyl sites for hydroxylation is 4. The Hall–Kier alpha value is -2.56. The number of rotatable bonds is 3. The number of aromatic nitrogens is 3. The van der Waals surface area contributed by atoms with Gasteiger partial charge in [0.1, 0.15) is 0 Å². The molecule has 4 rings (SSSR count). The normalized spacial score (nSPS) is 17.6. The first kappa shape index (κ1) is 17.8. The van der Waals surface area contributed by atoms with Crippen molar-refractivity contribution in [1.82, 2.24) is 19.7 Å². The van der Waals surface area contributed by atoms with Crippen molar-refractivity contribution in [3.63, 3.8) is 0 Å². The zero-order chi connectivity index (χ0) is 19.1. The highest BCUT2D eigenvalue weighted by molar-refractivity contribution is 5.92. The molecule has 1 amide bonds. The Morgan fingerprint density at radius 2 is 2.07 bits per heavy atom. The van der Waals surface area contributed by atoms with Crippen molar-refractivity contribution < 1.29 is 4.79 Å². The molecule has 2 aromatic heterocycles. The van der Waals surface area contributed by atoms with Crippen LogP contribution in [0, 0.1) is 20.8 Å². The van der Waals surface area contributed by atoms with Crippen molar-refractivity contribution in [1.29, 1.82) is 0 Å². The number of carbonyl (C=O) groups is 1. The maximum Gasteiger partial charge on any atom is 0.227 e. The highest BCUT2D eigenvalue weighted by atomic mass is 16.2. The van der Waals surface area contributed by atoms with Crippen LogP contribution in [-0.4, -0.2) is 32.1 Å². The first-order valence-corrected chi connectivity index (χ1v) is 9.81. The maximum atomic E-state index is 13.3. The smallest absolute Gasteiger partial charge is 0.227 e. The lowest BCUT2D eigenvalue weighted by Crippen LogP contribution is -2.39. The van der Waals surface area contributed by atoms with Crippen LogP contribution in [0.4, 0.5) is 0 Å². The standard InChI is InChI=1S/C22H28N4O/c1-14-11-15(2)22-18(12-14)17(16(3)23-22)13-21(27)26-9-6-5-7-20(26)19-8-10-25(4)24-19/h8,10-12,20,23H,5-7,9,13H2,1-4H3/t20-/m0/s1. The summed E-state index contributed by atoms with van der Waals surface area (Å²) in [6.45, 7) is 7.13. The Kier molecular flexibility index (Phi) is 4.54. The van der Waals surface area contributed by atoms with Gasteiger partial charge in [-0.05, 0) is 63.3 Å². The molecule has 0 unspecified atom stereocenters. The third-order valence-electron chi connectivity index (χ3n) is 5.80. The number of amides is 1. The molecule has 1 saturated heterocycles. The number of hydrogen-bond donors (Lipinski definition) is 1. The third kappa shape index (κ3) is 3.27. The number of fused-ring (bicyclic) bond motifs is 1. The van der Waals surface area contributed by atoms with Crippen LogP contribution >= 0.6 is 0 Å². The second kappa shape index (κ2) is 6.87. The van der Waals surface area contributed by atoms with E-state index in [0.29, 0.717) is 6.42 Å². The van der Waals surface area contributed by atoms with E-state index in [1.165, 1.54) is 16.5 Å². The van der Waals surface area contributed by atoms with Gasteiger partial charge >= 0.3 is 0 Å². The van der Waals surface area contributed by atoms with Gasteiger partial charge in [0.15, 0.2) is 0 Å². The van der Waals surface area contributed by atoms with Crippen molar-refractivity contribution in [2.75, 3.05) is 6.54 Å². The molecule has 3 aromatic rings. The predicted octanol–water partition coefficient (Wildman–Crippen LogP) is 4.12. The Morgan fingerprint density at radius 3 is 2.81 bits per heavy atom. The Balaban J connectivity index is 1.65. The lowest BCUT2D eigenvalue weighted by molar-refractivity contribution is -0.134. The average molecular weight is 364 g/mol. The van der Waals surface area contributed by atoms with Gasteiger partial charge in [-0.1, -0.05) is 11.6 Å². The number of piperidine rings is 1. The number of likely N-dealkylation sites (tertiary alicyclic amines) is 1. The molecule has 1 atom stereocenters. The molecule has 3 heterocycles. The van der Waals surface area contributed by atoms with Crippen molar-refractivity contribution in [3.8, 4) is 0 Å². The average Bonchev–Trinajstić information content (AvgIpc) is 3.20. The van der Waals surface area contributed by atoms with E-state index >= 15 is 0 Å².